The van der Waals surface area contributed by atoms with Gasteiger partial charge < -0.3 is 5.32 Å². The zero-order valence-corrected chi connectivity index (χ0v) is 8.35. The van der Waals surface area contributed by atoms with Gasteiger partial charge in [-0.15, -0.1) is 0 Å². The highest BCUT2D eigenvalue weighted by Crippen LogP contribution is 2.23. The lowest BCUT2D eigenvalue weighted by Crippen LogP contribution is -1.98. The molecule has 0 saturated carbocycles. The number of rotatable bonds is 2. The van der Waals surface area contributed by atoms with Gasteiger partial charge in [-0.3, -0.25) is 0 Å². The molecule has 1 rings (SSSR count). The first-order valence-electron chi connectivity index (χ1n) is 3.72. The predicted octanol–water partition coefficient (Wildman–Crippen LogP) is 2.75. The van der Waals surface area contributed by atoms with Crippen molar-refractivity contribution < 1.29 is 0 Å². The Hall–Kier alpha value is -1.01. The highest BCUT2D eigenvalue weighted by atomic mass is 79.9. The van der Waals surface area contributed by atoms with Crippen molar-refractivity contribution in [3.63, 3.8) is 0 Å². The van der Waals surface area contributed by atoms with Crippen molar-refractivity contribution in [3.05, 3.63) is 28.2 Å². The molecule has 2 nitrogen and oxygen atoms in total. The molecule has 0 saturated heterocycles. The highest BCUT2D eigenvalue weighted by molar-refractivity contribution is 9.10. The van der Waals surface area contributed by atoms with E-state index >= 15 is 0 Å². The Morgan fingerprint density at radius 3 is 2.92 bits per heavy atom. The third kappa shape index (κ3) is 1.77. The lowest BCUT2D eigenvalue weighted by Gasteiger charge is -2.05. The second kappa shape index (κ2) is 4.13. The van der Waals surface area contributed by atoms with Crippen LogP contribution >= 0.6 is 15.9 Å². The smallest absolute Gasteiger partial charge is 0.103 e. The molecule has 0 aliphatic carbocycles. The molecule has 0 heterocycles. The van der Waals surface area contributed by atoms with Gasteiger partial charge in [0.2, 0.25) is 0 Å². The van der Waals surface area contributed by atoms with Gasteiger partial charge in [0.1, 0.15) is 6.07 Å². The van der Waals surface area contributed by atoms with Gasteiger partial charge in [-0.1, -0.05) is 6.07 Å². The molecule has 0 fully saturated rings. The molecule has 1 N–H and O–H groups in total. The average molecular weight is 225 g/mol. The SMILES string of the molecule is CCNc1cccc(Br)c1C#N. The molecule has 0 spiro atoms. The quantitative estimate of drug-likeness (QED) is 0.839. The molecule has 0 aliphatic heterocycles. The summed E-state index contributed by atoms with van der Waals surface area (Å²) in [7, 11) is 0. The maximum absolute atomic E-state index is 8.81. The second-order valence-corrected chi connectivity index (χ2v) is 3.16. The Balaban J connectivity index is 3.11. The number of hydrogen-bond acceptors (Lipinski definition) is 2. The predicted molar refractivity (Wildman–Crippen MR) is 53.0 cm³/mol. The van der Waals surface area contributed by atoms with Gasteiger partial charge in [-0.25, -0.2) is 0 Å². The van der Waals surface area contributed by atoms with Gasteiger partial charge in [0.25, 0.3) is 0 Å². The lowest BCUT2D eigenvalue weighted by atomic mass is 10.2. The Morgan fingerprint density at radius 2 is 2.33 bits per heavy atom. The van der Waals surface area contributed by atoms with Gasteiger partial charge >= 0.3 is 0 Å². The first-order valence-corrected chi connectivity index (χ1v) is 4.51. The molecular formula is C9H9BrN2. The summed E-state index contributed by atoms with van der Waals surface area (Å²) in [6.45, 7) is 2.83. The lowest BCUT2D eigenvalue weighted by molar-refractivity contribution is 1.21. The minimum Gasteiger partial charge on any atom is -0.384 e. The maximum Gasteiger partial charge on any atom is 0.103 e. The zero-order chi connectivity index (χ0) is 8.97. The first kappa shape index (κ1) is 9.08. The summed E-state index contributed by atoms with van der Waals surface area (Å²) in [5.74, 6) is 0. The van der Waals surface area contributed by atoms with Crippen LogP contribution in [0.2, 0.25) is 0 Å². The van der Waals surface area contributed by atoms with Crippen LogP contribution in [-0.2, 0) is 0 Å². The Bertz CT molecular complexity index is 315. The summed E-state index contributed by atoms with van der Waals surface area (Å²) in [5, 5.41) is 11.9. The summed E-state index contributed by atoms with van der Waals surface area (Å²) in [5.41, 5.74) is 1.55. The molecule has 0 amide bonds. The maximum atomic E-state index is 8.81. The monoisotopic (exact) mass is 224 g/mol. The number of nitrogens with one attached hydrogen (secondary N) is 1. The van der Waals surface area contributed by atoms with Gasteiger partial charge in [-0.05, 0) is 35.0 Å². The number of nitriles is 1. The largest absolute Gasteiger partial charge is 0.384 e. The van der Waals surface area contributed by atoms with Crippen LogP contribution in [0.1, 0.15) is 12.5 Å². The summed E-state index contributed by atoms with van der Waals surface area (Å²) < 4.78 is 0.837. The van der Waals surface area contributed by atoms with Crippen molar-refractivity contribution in [1.82, 2.24) is 0 Å². The molecule has 0 radical (unpaired) electrons. The van der Waals surface area contributed by atoms with Crippen molar-refractivity contribution in [2.75, 3.05) is 11.9 Å². The van der Waals surface area contributed by atoms with Crippen LogP contribution in [0.25, 0.3) is 0 Å². The summed E-state index contributed by atoms with van der Waals surface area (Å²) in [4.78, 5) is 0. The van der Waals surface area contributed by atoms with E-state index in [1.807, 2.05) is 25.1 Å². The van der Waals surface area contributed by atoms with Gasteiger partial charge in [-0.2, -0.15) is 5.26 Å². The number of halogens is 1. The van der Waals surface area contributed by atoms with Crippen LogP contribution in [0.5, 0.6) is 0 Å². The average Bonchev–Trinajstić information content (AvgIpc) is 2.05. The first-order chi connectivity index (χ1) is 5.79. The van der Waals surface area contributed by atoms with Crippen LogP contribution in [0.15, 0.2) is 22.7 Å². The van der Waals surface area contributed by atoms with E-state index in [1.54, 1.807) is 0 Å². The van der Waals surface area contributed by atoms with Crippen molar-refractivity contribution in [1.29, 1.82) is 5.26 Å². The number of anilines is 1. The van der Waals surface area contributed by atoms with Gasteiger partial charge in [0.05, 0.1) is 11.3 Å². The summed E-state index contributed by atoms with van der Waals surface area (Å²) in [6, 6.07) is 7.80. The summed E-state index contributed by atoms with van der Waals surface area (Å²) in [6.07, 6.45) is 0. The molecule has 0 bridgehead atoms. The molecule has 1 aromatic carbocycles. The van der Waals surface area contributed by atoms with E-state index in [4.69, 9.17) is 5.26 Å². The van der Waals surface area contributed by atoms with Gasteiger partial charge in [0, 0.05) is 11.0 Å². The fourth-order valence-electron chi connectivity index (χ4n) is 0.976. The van der Waals surface area contributed by atoms with E-state index in [1.165, 1.54) is 0 Å². The number of nitrogens with zero attached hydrogens (tertiary/aromatic N) is 1. The molecule has 0 unspecified atom stereocenters. The van der Waals surface area contributed by atoms with Crippen molar-refractivity contribution in [2.45, 2.75) is 6.92 Å². The van der Waals surface area contributed by atoms with E-state index in [9.17, 15) is 0 Å². The molecule has 1 aromatic rings. The third-order valence-corrected chi connectivity index (χ3v) is 2.15. The van der Waals surface area contributed by atoms with Crippen LogP contribution in [0.4, 0.5) is 5.69 Å². The van der Waals surface area contributed by atoms with Crippen molar-refractivity contribution in [2.24, 2.45) is 0 Å². The number of hydrogen-bond donors (Lipinski definition) is 1. The molecular weight excluding hydrogens is 216 g/mol. The standard InChI is InChI=1S/C9H9BrN2/c1-2-12-9-5-3-4-8(10)7(9)6-11/h3-5,12H,2H2,1H3. The topological polar surface area (TPSA) is 35.8 Å². The molecule has 0 atom stereocenters. The van der Waals surface area contributed by atoms with Crippen LogP contribution < -0.4 is 5.32 Å². The molecule has 0 aliphatic rings. The van der Waals surface area contributed by atoms with Crippen LogP contribution in [0, 0.1) is 11.3 Å². The Kier molecular flexibility index (Phi) is 3.12. The Labute approximate surface area is 80.3 Å². The van der Waals surface area contributed by atoms with E-state index in [2.05, 4.69) is 27.3 Å². The summed E-state index contributed by atoms with van der Waals surface area (Å²) >= 11 is 3.31. The van der Waals surface area contributed by atoms with Crippen molar-refractivity contribution >= 4 is 21.6 Å². The van der Waals surface area contributed by atoms with E-state index < -0.39 is 0 Å². The molecule has 12 heavy (non-hydrogen) atoms. The van der Waals surface area contributed by atoms with Crippen LogP contribution in [-0.4, -0.2) is 6.54 Å². The normalized spacial score (nSPS) is 9.08. The van der Waals surface area contributed by atoms with Crippen molar-refractivity contribution in [3.8, 4) is 6.07 Å². The highest BCUT2D eigenvalue weighted by Gasteiger charge is 2.03. The van der Waals surface area contributed by atoms with E-state index in [0.717, 1.165) is 16.7 Å². The van der Waals surface area contributed by atoms with E-state index in [-0.39, 0.29) is 0 Å². The fraction of sp³-hybridized carbons (Fsp3) is 0.222. The zero-order valence-electron chi connectivity index (χ0n) is 6.76. The van der Waals surface area contributed by atoms with Gasteiger partial charge in [0.15, 0.2) is 0 Å². The molecule has 0 aromatic heterocycles. The fourth-order valence-corrected chi connectivity index (χ4v) is 1.43. The Morgan fingerprint density at radius 1 is 1.58 bits per heavy atom. The number of benzene rings is 1. The van der Waals surface area contributed by atoms with Crippen LogP contribution in [0.3, 0.4) is 0 Å². The minimum absolute atomic E-state index is 0.666. The molecule has 3 heteroatoms. The van der Waals surface area contributed by atoms with E-state index in [0.29, 0.717) is 5.56 Å². The second-order valence-electron chi connectivity index (χ2n) is 2.30. The minimum atomic E-state index is 0.666. The molecule has 62 valence electrons. The third-order valence-electron chi connectivity index (χ3n) is 1.49.